The molecule has 0 saturated heterocycles. The normalized spacial score (nSPS) is 12.8. The molecule has 0 aliphatic heterocycles. The Morgan fingerprint density at radius 1 is 1.54 bits per heavy atom. The second-order valence-electron chi connectivity index (χ2n) is 2.44. The Labute approximate surface area is 86.2 Å². The topological polar surface area (TPSA) is 31.4 Å². The number of aromatic nitrogens is 1. The van der Waals surface area contributed by atoms with Crippen LogP contribution in [0.15, 0.2) is 22.9 Å². The molecule has 1 atom stereocenters. The van der Waals surface area contributed by atoms with Crippen LogP contribution in [0.4, 0.5) is 0 Å². The fraction of sp³-hybridized carbons (Fsp3) is 0.444. The van der Waals surface area contributed by atoms with Crippen LogP contribution in [0.2, 0.25) is 0 Å². The summed E-state index contributed by atoms with van der Waals surface area (Å²) in [7, 11) is 1.61. The molecule has 0 bridgehead atoms. The smallest absolute Gasteiger partial charge is 0.184 e. The zero-order valence-electron chi connectivity index (χ0n) is 7.66. The summed E-state index contributed by atoms with van der Waals surface area (Å²) in [4.78, 5) is 4.09. The van der Waals surface area contributed by atoms with Gasteiger partial charge in [0, 0.05) is 25.5 Å². The maximum absolute atomic E-state index is 5.34. The van der Waals surface area contributed by atoms with Crippen molar-refractivity contribution >= 4 is 15.9 Å². The highest BCUT2D eigenvalue weighted by Gasteiger charge is 2.09. The van der Waals surface area contributed by atoms with E-state index in [2.05, 4.69) is 20.9 Å². The minimum atomic E-state index is -0.314. The number of hydrogen-bond acceptors (Lipinski definition) is 3. The first-order chi connectivity index (χ1) is 6.27. The minimum Gasteiger partial charge on any atom is -0.352 e. The van der Waals surface area contributed by atoms with Gasteiger partial charge in [-0.15, -0.1) is 0 Å². The summed E-state index contributed by atoms with van der Waals surface area (Å²) < 4.78 is 11.3. The molecule has 1 rings (SSSR count). The van der Waals surface area contributed by atoms with E-state index in [-0.39, 0.29) is 6.29 Å². The van der Waals surface area contributed by atoms with E-state index in [0.717, 1.165) is 10.2 Å². The Morgan fingerprint density at radius 3 is 2.77 bits per heavy atom. The van der Waals surface area contributed by atoms with Crippen molar-refractivity contribution < 1.29 is 9.47 Å². The second kappa shape index (κ2) is 5.32. The first kappa shape index (κ1) is 10.6. The van der Waals surface area contributed by atoms with Crippen LogP contribution in [0.5, 0.6) is 0 Å². The highest BCUT2D eigenvalue weighted by molar-refractivity contribution is 9.10. The summed E-state index contributed by atoms with van der Waals surface area (Å²) in [5.41, 5.74) is 0.924. The fourth-order valence-corrected chi connectivity index (χ4v) is 1.21. The Kier molecular flexibility index (Phi) is 4.35. The van der Waals surface area contributed by atoms with E-state index in [0.29, 0.717) is 6.61 Å². The molecule has 1 unspecified atom stereocenters. The zero-order chi connectivity index (χ0) is 9.68. The summed E-state index contributed by atoms with van der Waals surface area (Å²) >= 11 is 3.26. The monoisotopic (exact) mass is 245 g/mol. The van der Waals surface area contributed by atoms with E-state index in [9.17, 15) is 0 Å². The zero-order valence-corrected chi connectivity index (χ0v) is 9.24. The summed E-state index contributed by atoms with van der Waals surface area (Å²) in [6, 6.07) is 3.78. The summed E-state index contributed by atoms with van der Waals surface area (Å²) in [6.07, 6.45) is 1.42. The van der Waals surface area contributed by atoms with Gasteiger partial charge in [-0.05, 0) is 35.0 Å². The minimum absolute atomic E-state index is 0.314. The molecule has 0 aliphatic rings. The van der Waals surface area contributed by atoms with Gasteiger partial charge >= 0.3 is 0 Å². The van der Waals surface area contributed by atoms with Crippen molar-refractivity contribution in [3.05, 3.63) is 28.5 Å². The number of nitrogens with zero attached hydrogens (tertiary/aromatic N) is 1. The molecule has 0 aromatic carbocycles. The molecule has 0 N–H and O–H groups in total. The molecular weight excluding hydrogens is 234 g/mol. The molecule has 3 nitrogen and oxygen atoms in total. The lowest BCUT2D eigenvalue weighted by Gasteiger charge is -2.14. The molecule has 1 aromatic rings. The largest absolute Gasteiger partial charge is 0.352 e. The number of pyridine rings is 1. The van der Waals surface area contributed by atoms with Gasteiger partial charge in [0.05, 0.1) is 0 Å². The summed E-state index contributed by atoms with van der Waals surface area (Å²) in [5, 5.41) is 0. The van der Waals surface area contributed by atoms with Crippen molar-refractivity contribution in [2.75, 3.05) is 13.7 Å². The molecular formula is C9H12BrNO2. The van der Waals surface area contributed by atoms with E-state index in [4.69, 9.17) is 9.47 Å². The van der Waals surface area contributed by atoms with Crippen LogP contribution in [-0.2, 0) is 9.47 Å². The van der Waals surface area contributed by atoms with E-state index < -0.39 is 0 Å². The Morgan fingerprint density at radius 2 is 2.31 bits per heavy atom. The van der Waals surface area contributed by atoms with Gasteiger partial charge < -0.3 is 9.47 Å². The standard InChI is InChI=1S/C9H12BrNO2/c1-3-13-9(12-2)7-4-5-8(10)11-6-7/h4-6,9H,3H2,1-2H3. The molecule has 0 aliphatic carbocycles. The third kappa shape index (κ3) is 3.06. The van der Waals surface area contributed by atoms with Gasteiger partial charge in [0.25, 0.3) is 0 Å². The third-order valence-electron chi connectivity index (χ3n) is 1.55. The predicted molar refractivity (Wildman–Crippen MR) is 53.3 cm³/mol. The van der Waals surface area contributed by atoms with Crippen LogP contribution in [0.1, 0.15) is 18.8 Å². The molecule has 1 heterocycles. The van der Waals surface area contributed by atoms with Crippen molar-refractivity contribution in [3.63, 3.8) is 0 Å². The van der Waals surface area contributed by atoms with Crippen molar-refractivity contribution in [1.82, 2.24) is 4.98 Å². The van der Waals surface area contributed by atoms with Crippen molar-refractivity contribution in [1.29, 1.82) is 0 Å². The van der Waals surface area contributed by atoms with Gasteiger partial charge in [0.15, 0.2) is 6.29 Å². The highest BCUT2D eigenvalue weighted by atomic mass is 79.9. The van der Waals surface area contributed by atoms with Crippen LogP contribution < -0.4 is 0 Å². The average Bonchev–Trinajstić information content (AvgIpc) is 2.16. The van der Waals surface area contributed by atoms with Gasteiger partial charge in [-0.25, -0.2) is 4.98 Å². The lowest BCUT2D eigenvalue weighted by atomic mass is 10.3. The SMILES string of the molecule is CCOC(OC)c1ccc(Br)nc1. The van der Waals surface area contributed by atoms with Crippen LogP contribution in [-0.4, -0.2) is 18.7 Å². The summed E-state index contributed by atoms with van der Waals surface area (Å²) in [5.74, 6) is 0. The molecule has 4 heteroatoms. The van der Waals surface area contributed by atoms with Gasteiger partial charge in [0.2, 0.25) is 0 Å². The summed E-state index contributed by atoms with van der Waals surface area (Å²) in [6.45, 7) is 2.55. The van der Waals surface area contributed by atoms with Crippen molar-refractivity contribution in [2.24, 2.45) is 0 Å². The van der Waals surface area contributed by atoms with Gasteiger partial charge in [-0.1, -0.05) is 0 Å². The van der Waals surface area contributed by atoms with Gasteiger partial charge in [-0.3, -0.25) is 0 Å². The van der Waals surface area contributed by atoms with E-state index in [1.807, 2.05) is 19.1 Å². The molecule has 0 fully saturated rings. The molecule has 0 radical (unpaired) electrons. The van der Waals surface area contributed by atoms with Crippen molar-refractivity contribution in [2.45, 2.75) is 13.2 Å². The Hall–Kier alpha value is -0.450. The maximum atomic E-state index is 5.34. The van der Waals surface area contributed by atoms with Gasteiger partial charge in [0.1, 0.15) is 4.60 Å². The molecule has 72 valence electrons. The van der Waals surface area contributed by atoms with Crippen LogP contribution in [0.25, 0.3) is 0 Å². The number of halogens is 1. The molecule has 1 aromatic heterocycles. The molecule has 0 saturated carbocycles. The maximum Gasteiger partial charge on any atom is 0.184 e. The number of rotatable bonds is 4. The highest BCUT2D eigenvalue weighted by Crippen LogP contribution is 2.18. The van der Waals surface area contributed by atoms with Crippen molar-refractivity contribution in [3.8, 4) is 0 Å². The average molecular weight is 246 g/mol. The lowest BCUT2D eigenvalue weighted by molar-refractivity contribution is -0.124. The first-order valence-electron chi connectivity index (χ1n) is 4.03. The van der Waals surface area contributed by atoms with E-state index in [1.165, 1.54) is 0 Å². The Balaban J connectivity index is 2.73. The van der Waals surface area contributed by atoms with E-state index in [1.54, 1.807) is 13.3 Å². The predicted octanol–water partition coefficient (Wildman–Crippen LogP) is 2.53. The van der Waals surface area contributed by atoms with E-state index >= 15 is 0 Å². The molecule has 0 amide bonds. The van der Waals surface area contributed by atoms with Gasteiger partial charge in [-0.2, -0.15) is 0 Å². The fourth-order valence-electron chi connectivity index (χ4n) is 0.978. The quantitative estimate of drug-likeness (QED) is 0.604. The lowest BCUT2D eigenvalue weighted by Crippen LogP contribution is -2.06. The molecule has 13 heavy (non-hydrogen) atoms. The number of ether oxygens (including phenoxy) is 2. The Bertz CT molecular complexity index is 250. The van der Waals surface area contributed by atoms with Crippen LogP contribution >= 0.6 is 15.9 Å². The number of methoxy groups -OCH3 is 1. The van der Waals surface area contributed by atoms with Crippen LogP contribution in [0.3, 0.4) is 0 Å². The van der Waals surface area contributed by atoms with Crippen LogP contribution in [0, 0.1) is 0 Å². The number of hydrogen-bond donors (Lipinski definition) is 0. The molecule has 0 spiro atoms. The third-order valence-corrected chi connectivity index (χ3v) is 2.02. The first-order valence-corrected chi connectivity index (χ1v) is 4.83. The second-order valence-corrected chi connectivity index (χ2v) is 3.25.